The molecule has 0 saturated carbocycles. The molecular formula is C14H20BrNO. The highest BCUT2D eigenvalue weighted by Crippen LogP contribution is 2.35. The molecule has 1 heterocycles. The molecule has 2 nitrogen and oxygen atoms in total. The van der Waals surface area contributed by atoms with Crippen LogP contribution in [-0.4, -0.2) is 12.1 Å². The van der Waals surface area contributed by atoms with Gasteiger partial charge in [-0.2, -0.15) is 0 Å². The first-order chi connectivity index (χ1) is 8.08. The molecule has 0 atom stereocenters. The number of halogens is 1. The van der Waals surface area contributed by atoms with Gasteiger partial charge in [-0.25, -0.2) is 0 Å². The number of hydrogen-bond acceptors (Lipinski definition) is 2. The maximum absolute atomic E-state index is 6.40. The summed E-state index contributed by atoms with van der Waals surface area (Å²) >= 11 is 3.57. The number of benzene rings is 1. The van der Waals surface area contributed by atoms with Crippen LogP contribution < -0.4 is 10.5 Å². The van der Waals surface area contributed by atoms with Crippen molar-refractivity contribution in [3.63, 3.8) is 0 Å². The SMILES string of the molecule is CCC(N)(CC)Cc1cc(Br)cc2c1OCC2. The molecule has 0 amide bonds. The molecule has 17 heavy (non-hydrogen) atoms. The van der Waals surface area contributed by atoms with E-state index in [0.29, 0.717) is 0 Å². The molecule has 1 aliphatic heterocycles. The monoisotopic (exact) mass is 297 g/mol. The normalized spacial score (nSPS) is 14.6. The summed E-state index contributed by atoms with van der Waals surface area (Å²) in [4.78, 5) is 0. The molecule has 2 rings (SSSR count). The molecule has 94 valence electrons. The van der Waals surface area contributed by atoms with E-state index in [1.54, 1.807) is 0 Å². The van der Waals surface area contributed by atoms with Crippen LogP contribution in [0.2, 0.25) is 0 Å². The number of hydrogen-bond donors (Lipinski definition) is 1. The Labute approximate surface area is 112 Å². The Morgan fingerprint density at radius 1 is 1.35 bits per heavy atom. The fourth-order valence-electron chi connectivity index (χ4n) is 2.36. The zero-order chi connectivity index (χ0) is 12.5. The third-order valence-electron chi connectivity index (χ3n) is 3.78. The van der Waals surface area contributed by atoms with Gasteiger partial charge in [0.1, 0.15) is 5.75 Å². The van der Waals surface area contributed by atoms with Gasteiger partial charge in [0.05, 0.1) is 6.61 Å². The molecular weight excluding hydrogens is 278 g/mol. The minimum atomic E-state index is -0.111. The second-order valence-corrected chi connectivity index (χ2v) is 5.81. The summed E-state index contributed by atoms with van der Waals surface area (Å²) in [7, 11) is 0. The summed E-state index contributed by atoms with van der Waals surface area (Å²) in [6.07, 6.45) is 3.88. The van der Waals surface area contributed by atoms with Crippen LogP contribution in [-0.2, 0) is 12.8 Å². The molecule has 1 aromatic carbocycles. The minimum absolute atomic E-state index is 0.111. The highest BCUT2D eigenvalue weighted by atomic mass is 79.9. The standard InChI is InChI=1S/C14H20BrNO/c1-3-14(16,4-2)9-11-8-12(15)7-10-5-6-17-13(10)11/h7-8H,3-6,9,16H2,1-2H3. The summed E-state index contributed by atoms with van der Waals surface area (Å²) in [6.45, 7) is 5.11. The van der Waals surface area contributed by atoms with Crippen molar-refractivity contribution in [2.24, 2.45) is 5.73 Å². The van der Waals surface area contributed by atoms with Gasteiger partial charge >= 0.3 is 0 Å². The molecule has 0 unspecified atom stereocenters. The summed E-state index contributed by atoms with van der Waals surface area (Å²) in [6, 6.07) is 4.30. The van der Waals surface area contributed by atoms with E-state index >= 15 is 0 Å². The molecule has 0 aromatic heterocycles. The summed E-state index contributed by atoms with van der Waals surface area (Å²) < 4.78 is 6.87. The lowest BCUT2D eigenvalue weighted by atomic mass is 9.86. The van der Waals surface area contributed by atoms with Crippen LogP contribution in [0, 0.1) is 0 Å². The molecule has 0 bridgehead atoms. The Balaban J connectivity index is 2.33. The fourth-order valence-corrected chi connectivity index (χ4v) is 2.91. The summed E-state index contributed by atoms with van der Waals surface area (Å²) in [5.74, 6) is 1.07. The molecule has 0 saturated heterocycles. The molecule has 3 heteroatoms. The Bertz CT molecular complexity index is 413. The van der Waals surface area contributed by atoms with Gasteiger partial charge in [-0.05, 0) is 42.5 Å². The van der Waals surface area contributed by atoms with Gasteiger partial charge < -0.3 is 10.5 Å². The number of rotatable bonds is 4. The largest absolute Gasteiger partial charge is 0.493 e. The second kappa shape index (κ2) is 4.99. The van der Waals surface area contributed by atoms with Crippen molar-refractivity contribution in [2.75, 3.05) is 6.61 Å². The first-order valence-electron chi connectivity index (χ1n) is 6.31. The number of fused-ring (bicyclic) bond motifs is 1. The second-order valence-electron chi connectivity index (χ2n) is 4.90. The van der Waals surface area contributed by atoms with Gasteiger partial charge in [0.2, 0.25) is 0 Å². The molecule has 0 fully saturated rings. The molecule has 0 spiro atoms. The van der Waals surface area contributed by atoms with E-state index in [1.807, 2.05) is 0 Å². The first kappa shape index (κ1) is 12.9. The third kappa shape index (κ3) is 2.66. The number of ether oxygens (including phenoxy) is 1. The van der Waals surface area contributed by atoms with Crippen LogP contribution in [0.15, 0.2) is 16.6 Å². The van der Waals surface area contributed by atoms with E-state index in [-0.39, 0.29) is 5.54 Å². The zero-order valence-corrected chi connectivity index (χ0v) is 12.1. The minimum Gasteiger partial charge on any atom is -0.493 e. The van der Waals surface area contributed by atoms with Crippen LogP contribution >= 0.6 is 15.9 Å². The van der Waals surface area contributed by atoms with Gasteiger partial charge in [-0.1, -0.05) is 29.8 Å². The highest BCUT2D eigenvalue weighted by molar-refractivity contribution is 9.10. The van der Waals surface area contributed by atoms with Crippen molar-refractivity contribution < 1.29 is 4.74 Å². The molecule has 0 aliphatic carbocycles. The molecule has 2 N–H and O–H groups in total. The van der Waals surface area contributed by atoms with Crippen molar-refractivity contribution in [1.82, 2.24) is 0 Å². The van der Waals surface area contributed by atoms with Crippen molar-refractivity contribution in [3.05, 3.63) is 27.7 Å². The van der Waals surface area contributed by atoms with Crippen LogP contribution in [0.25, 0.3) is 0 Å². The van der Waals surface area contributed by atoms with Gasteiger partial charge in [-0.15, -0.1) is 0 Å². The van der Waals surface area contributed by atoms with Crippen molar-refractivity contribution >= 4 is 15.9 Å². The fraction of sp³-hybridized carbons (Fsp3) is 0.571. The topological polar surface area (TPSA) is 35.2 Å². The Kier molecular flexibility index (Phi) is 3.79. The molecule has 1 aromatic rings. The predicted molar refractivity (Wildman–Crippen MR) is 74.5 cm³/mol. The van der Waals surface area contributed by atoms with Crippen LogP contribution in [0.1, 0.15) is 37.8 Å². The average molecular weight is 298 g/mol. The van der Waals surface area contributed by atoms with E-state index in [1.165, 1.54) is 11.1 Å². The van der Waals surface area contributed by atoms with Crippen molar-refractivity contribution in [2.45, 2.75) is 45.1 Å². The summed E-state index contributed by atoms with van der Waals surface area (Å²) in [5.41, 5.74) is 8.85. The Hall–Kier alpha value is -0.540. The zero-order valence-electron chi connectivity index (χ0n) is 10.6. The third-order valence-corrected chi connectivity index (χ3v) is 4.23. The smallest absolute Gasteiger partial charge is 0.125 e. The maximum Gasteiger partial charge on any atom is 0.125 e. The predicted octanol–water partition coefficient (Wildman–Crippen LogP) is 3.44. The molecule has 0 radical (unpaired) electrons. The number of nitrogens with two attached hydrogens (primary N) is 1. The van der Waals surface area contributed by atoms with Crippen molar-refractivity contribution in [1.29, 1.82) is 0 Å². The van der Waals surface area contributed by atoms with E-state index in [4.69, 9.17) is 10.5 Å². The Morgan fingerprint density at radius 2 is 2.06 bits per heavy atom. The lowest BCUT2D eigenvalue weighted by Gasteiger charge is -2.27. The van der Waals surface area contributed by atoms with Crippen molar-refractivity contribution in [3.8, 4) is 5.75 Å². The van der Waals surface area contributed by atoms with Gasteiger partial charge in [0, 0.05) is 16.4 Å². The van der Waals surface area contributed by atoms with E-state index < -0.39 is 0 Å². The highest BCUT2D eigenvalue weighted by Gasteiger charge is 2.25. The van der Waals surface area contributed by atoms with Gasteiger partial charge in [0.15, 0.2) is 0 Å². The average Bonchev–Trinajstić information content (AvgIpc) is 2.77. The van der Waals surface area contributed by atoms with Crippen LogP contribution in [0.5, 0.6) is 5.75 Å². The van der Waals surface area contributed by atoms with E-state index in [2.05, 4.69) is 41.9 Å². The van der Waals surface area contributed by atoms with Gasteiger partial charge in [0.25, 0.3) is 0 Å². The molecule has 1 aliphatic rings. The maximum atomic E-state index is 6.40. The lowest BCUT2D eigenvalue weighted by molar-refractivity contribution is 0.342. The van der Waals surface area contributed by atoms with Gasteiger partial charge in [-0.3, -0.25) is 0 Å². The first-order valence-corrected chi connectivity index (χ1v) is 7.10. The van der Waals surface area contributed by atoms with E-state index in [0.717, 1.165) is 42.5 Å². The Morgan fingerprint density at radius 3 is 2.71 bits per heavy atom. The van der Waals surface area contributed by atoms with Crippen LogP contribution in [0.3, 0.4) is 0 Å². The van der Waals surface area contributed by atoms with E-state index in [9.17, 15) is 0 Å². The summed E-state index contributed by atoms with van der Waals surface area (Å²) in [5, 5.41) is 0. The lowest BCUT2D eigenvalue weighted by Crippen LogP contribution is -2.40. The van der Waals surface area contributed by atoms with Crippen LogP contribution in [0.4, 0.5) is 0 Å². The quantitative estimate of drug-likeness (QED) is 0.924.